The number of carbonyl (C=O) groups excluding carboxylic acids is 1. The zero-order chi connectivity index (χ0) is 21.9. The number of nitrogens with one attached hydrogen (secondary N) is 2. The highest BCUT2D eigenvalue weighted by Crippen LogP contribution is 2.31. The van der Waals surface area contributed by atoms with Crippen molar-refractivity contribution in [3.8, 4) is 0 Å². The van der Waals surface area contributed by atoms with Gasteiger partial charge in [-0.3, -0.25) is 4.79 Å². The number of halogens is 1. The second-order valence-corrected chi connectivity index (χ2v) is 12.0. The zero-order valence-corrected chi connectivity index (χ0v) is 20.8. The number of benzene rings is 1. The lowest BCUT2D eigenvalue weighted by Gasteiger charge is -2.29. The summed E-state index contributed by atoms with van der Waals surface area (Å²) in [6, 6.07) is 7.56. The summed E-state index contributed by atoms with van der Waals surface area (Å²) in [5.74, 6) is 0.376. The molecule has 0 amide bonds. The van der Waals surface area contributed by atoms with E-state index in [0.29, 0.717) is 15.6 Å². The number of anilines is 2. The van der Waals surface area contributed by atoms with Gasteiger partial charge in [-0.2, -0.15) is 0 Å². The van der Waals surface area contributed by atoms with Crippen molar-refractivity contribution >= 4 is 60.7 Å². The highest BCUT2D eigenvalue weighted by molar-refractivity contribution is 14.1. The molecule has 1 aliphatic carbocycles. The molecule has 1 heterocycles. The van der Waals surface area contributed by atoms with Gasteiger partial charge < -0.3 is 11.1 Å². The molecular weight excluding hydrogens is 535 g/mol. The monoisotopic (exact) mass is 562 g/mol. The van der Waals surface area contributed by atoms with Crippen LogP contribution in [0.25, 0.3) is 0 Å². The van der Waals surface area contributed by atoms with Gasteiger partial charge in [-0.25, -0.2) is 18.1 Å². The van der Waals surface area contributed by atoms with Crippen LogP contribution in [0.2, 0.25) is 0 Å². The molecule has 0 aliphatic heterocycles. The molecule has 0 bridgehead atoms. The third-order valence-corrected chi connectivity index (χ3v) is 8.67. The normalized spacial score (nSPS) is 19.7. The number of sulfonamides is 1. The summed E-state index contributed by atoms with van der Waals surface area (Å²) in [5.41, 5.74) is 6.64. The second kappa shape index (κ2) is 9.92. The van der Waals surface area contributed by atoms with Crippen LogP contribution >= 0.6 is 33.9 Å². The minimum absolute atomic E-state index is 0.0227. The van der Waals surface area contributed by atoms with Crippen molar-refractivity contribution in [1.82, 2.24) is 9.71 Å². The minimum Gasteiger partial charge on any atom is -0.382 e. The Kier molecular flexibility index (Phi) is 7.75. The Hall–Kier alpha value is -1.24. The Morgan fingerprint density at radius 2 is 1.87 bits per heavy atom. The molecule has 3 rings (SSSR count). The summed E-state index contributed by atoms with van der Waals surface area (Å²) < 4.78 is 28.0. The summed E-state index contributed by atoms with van der Waals surface area (Å²) in [6.45, 7) is 3.80. The van der Waals surface area contributed by atoms with E-state index in [1.807, 2.05) is 32.0 Å². The Morgan fingerprint density at radius 3 is 2.50 bits per heavy atom. The van der Waals surface area contributed by atoms with E-state index in [1.54, 1.807) is 6.07 Å². The van der Waals surface area contributed by atoms with Crippen LogP contribution < -0.4 is 15.8 Å². The van der Waals surface area contributed by atoms with Crippen molar-refractivity contribution in [1.29, 1.82) is 0 Å². The molecule has 1 aromatic carbocycles. The maximum atomic E-state index is 12.8. The molecule has 0 saturated heterocycles. The van der Waals surface area contributed by atoms with Crippen LogP contribution in [0.5, 0.6) is 0 Å². The van der Waals surface area contributed by atoms with Crippen LogP contribution in [-0.4, -0.2) is 37.0 Å². The van der Waals surface area contributed by atoms with Gasteiger partial charge in [0.15, 0.2) is 5.13 Å². The Balaban J connectivity index is 1.58. The van der Waals surface area contributed by atoms with Gasteiger partial charge in [0.05, 0.1) is 5.75 Å². The number of aromatic nitrogens is 1. The molecule has 1 fully saturated rings. The first-order chi connectivity index (χ1) is 14.1. The molecule has 1 aromatic heterocycles. The largest absolute Gasteiger partial charge is 0.382 e. The van der Waals surface area contributed by atoms with E-state index in [2.05, 4.69) is 37.6 Å². The highest BCUT2D eigenvalue weighted by atomic mass is 127. The average molecular weight is 562 g/mol. The smallest absolute Gasteiger partial charge is 0.212 e. The van der Waals surface area contributed by atoms with Crippen molar-refractivity contribution in [3.63, 3.8) is 0 Å². The van der Waals surface area contributed by atoms with Crippen molar-refractivity contribution in [2.45, 2.75) is 51.6 Å². The molecule has 30 heavy (non-hydrogen) atoms. The number of nitrogen functional groups attached to an aromatic ring is 1. The highest BCUT2D eigenvalue weighted by Gasteiger charge is 2.26. The third-order valence-electron chi connectivity index (χ3n) is 4.93. The molecule has 4 N–H and O–H groups in total. The Morgan fingerprint density at radius 1 is 1.23 bits per heavy atom. The third kappa shape index (κ3) is 6.14. The molecule has 1 saturated carbocycles. The number of thiazole rings is 1. The van der Waals surface area contributed by atoms with E-state index >= 15 is 0 Å². The van der Waals surface area contributed by atoms with Gasteiger partial charge in [0.1, 0.15) is 10.7 Å². The first-order valence-corrected chi connectivity index (χ1v) is 13.5. The summed E-state index contributed by atoms with van der Waals surface area (Å²) in [7, 11) is -3.23. The number of rotatable bonds is 8. The molecule has 10 heteroatoms. The average Bonchev–Trinajstić information content (AvgIpc) is 3.02. The van der Waals surface area contributed by atoms with Crippen molar-refractivity contribution in [3.05, 3.63) is 38.3 Å². The lowest BCUT2D eigenvalue weighted by atomic mass is 9.92. The van der Waals surface area contributed by atoms with E-state index in [-0.39, 0.29) is 35.4 Å². The van der Waals surface area contributed by atoms with Crippen molar-refractivity contribution < 1.29 is 13.2 Å². The molecule has 0 spiro atoms. The predicted molar refractivity (Wildman–Crippen MR) is 131 cm³/mol. The van der Waals surface area contributed by atoms with Crippen LogP contribution in [0.15, 0.2) is 24.3 Å². The van der Waals surface area contributed by atoms with Gasteiger partial charge in [-0.15, -0.1) is 0 Å². The lowest BCUT2D eigenvalue weighted by molar-refractivity contribution is 0.104. The first-order valence-electron chi connectivity index (χ1n) is 9.96. The van der Waals surface area contributed by atoms with Gasteiger partial charge in [0.2, 0.25) is 15.8 Å². The molecule has 0 unspecified atom stereocenters. The van der Waals surface area contributed by atoms with E-state index in [0.717, 1.165) is 29.3 Å². The van der Waals surface area contributed by atoms with Gasteiger partial charge in [-0.05, 0) is 66.3 Å². The van der Waals surface area contributed by atoms with Gasteiger partial charge in [-0.1, -0.05) is 37.3 Å². The Labute approximate surface area is 195 Å². The fourth-order valence-electron chi connectivity index (χ4n) is 3.60. The fourth-order valence-corrected chi connectivity index (χ4v) is 6.86. The molecule has 0 atom stereocenters. The van der Waals surface area contributed by atoms with Gasteiger partial charge >= 0.3 is 0 Å². The summed E-state index contributed by atoms with van der Waals surface area (Å²) >= 11 is 3.41. The van der Waals surface area contributed by atoms with Crippen molar-refractivity contribution in [2.75, 3.05) is 16.8 Å². The van der Waals surface area contributed by atoms with Crippen LogP contribution in [0, 0.1) is 9.49 Å². The van der Waals surface area contributed by atoms with Gasteiger partial charge in [0, 0.05) is 21.2 Å². The van der Waals surface area contributed by atoms with Crippen molar-refractivity contribution in [2.24, 2.45) is 5.92 Å². The van der Waals surface area contributed by atoms with Crippen LogP contribution in [0.3, 0.4) is 0 Å². The standard InChI is InChI=1S/C20H27IN4O3S2/c1-12(2)11-30(27,28)25-14-9-7-13(8-10-14)23-20-24-19(22)18(29-20)17(26)15-5-3-4-6-16(15)21/h3-6,12-14,25H,7-11,22H2,1-2H3,(H,23,24)/t13-,14-. The lowest BCUT2D eigenvalue weighted by Crippen LogP contribution is -2.41. The molecule has 1 aliphatic rings. The number of nitrogens with two attached hydrogens (primary N) is 1. The number of hydrogen-bond donors (Lipinski definition) is 3. The minimum atomic E-state index is -3.23. The Bertz CT molecular complexity index is 999. The molecule has 7 nitrogen and oxygen atoms in total. The SMILES string of the molecule is CC(C)CS(=O)(=O)N[C@H]1CC[C@H](Nc2nc(N)c(C(=O)c3ccccc3I)s2)CC1. The maximum Gasteiger partial charge on any atom is 0.212 e. The number of carbonyl (C=O) groups is 1. The first kappa shape index (κ1) is 23.4. The molecule has 2 aromatic rings. The number of nitrogens with zero attached hydrogens (tertiary/aromatic N) is 1. The van der Waals surface area contributed by atoms with E-state index in [9.17, 15) is 13.2 Å². The quantitative estimate of drug-likeness (QED) is 0.333. The molecular formula is C20H27IN4O3S2. The van der Waals surface area contributed by atoms with E-state index in [1.165, 1.54) is 11.3 Å². The second-order valence-electron chi connectivity index (χ2n) is 8.03. The van der Waals surface area contributed by atoms with Gasteiger partial charge in [0.25, 0.3) is 0 Å². The number of hydrogen-bond acceptors (Lipinski definition) is 7. The topological polar surface area (TPSA) is 114 Å². The fraction of sp³-hybridized carbons (Fsp3) is 0.500. The number of ketones is 1. The summed E-state index contributed by atoms with van der Waals surface area (Å²) in [5, 5.41) is 4.00. The van der Waals surface area contributed by atoms with E-state index < -0.39 is 10.0 Å². The molecule has 0 radical (unpaired) electrons. The van der Waals surface area contributed by atoms with Crippen LogP contribution in [0.4, 0.5) is 10.9 Å². The van der Waals surface area contributed by atoms with Crippen LogP contribution in [-0.2, 0) is 10.0 Å². The zero-order valence-electron chi connectivity index (χ0n) is 17.0. The van der Waals surface area contributed by atoms with E-state index in [4.69, 9.17) is 5.73 Å². The summed E-state index contributed by atoms with van der Waals surface area (Å²) in [6.07, 6.45) is 3.19. The summed E-state index contributed by atoms with van der Waals surface area (Å²) in [4.78, 5) is 17.6. The predicted octanol–water partition coefficient (Wildman–Crippen LogP) is 3.86. The van der Waals surface area contributed by atoms with Crippen LogP contribution in [0.1, 0.15) is 54.8 Å². The maximum absolute atomic E-state index is 12.8. The molecule has 164 valence electrons.